The number of hydrogen-bond acceptors (Lipinski definition) is 3. The van der Waals surface area contributed by atoms with Crippen LogP contribution in [0.5, 0.6) is 0 Å². The fourth-order valence-electron chi connectivity index (χ4n) is 1.67. The molecule has 0 radical (unpaired) electrons. The number of anilines is 1. The number of aromatic nitrogens is 1. The maximum atomic E-state index is 11.9. The Morgan fingerprint density at radius 3 is 2.58 bits per heavy atom. The average Bonchev–Trinajstić information content (AvgIpc) is 2.77. The smallest absolute Gasteiger partial charge is 0.323 e. The molecule has 0 bridgehead atoms. The number of urea groups is 1. The first-order chi connectivity index (χ1) is 9.04. The summed E-state index contributed by atoms with van der Waals surface area (Å²) in [6.07, 6.45) is 0. The van der Waals surface area contributed by atoms with Crippen LogP contribution in [0.15, 0.2) is 34.9 Å². The summed E-state index contributed by atoms with van der Waals surface area (Å²) < 4.78 is 4.89. The summed E-state index contributed by atoms with van der Waals surface area (Å²) in [5.41, 5.74) is 2.29. The van der Waals surface area contributed by atoms with Gasteiger partial charge in [0.05, 0.1) is 0 Å². The van der Waals surface area contributed by atoms with Crippen LogP contribution in [-0.4, -0.2) is 23.1 Å². The van der Waals surface area contributed by atoms with E-state index in [-0.39, 0.29) is 6.03 Å². The first-order valence-electron chi connectivity index (χ1n) is 6.05. The first kappa shape index (κ1) is 13.1. The zero-order chi connectivity index (χ0) is 13.8. The van der Waals surface area contributed by atoms with E-state index in [1.807, 2.05) is 31.2 Å². The van der Waals surface area contributed by atoms with Crippen molar-refractivity contribution in [2.75, 3.05) is 12.4 Å². The van der Waals surface area contributed by atoms with Gasteiger partial charge >= 0.3 is 6.03 Å². The van der Waals surface area contributed by atoms with Gasteiger partial charge in [-0.2, -0.15) is 0 Å². The van der Waals surface area contributed by atoms with Gasteiger partial charge in [-0.25, -0.2) is 4.79 Å². The van der Waals surface area contributed by atoms with Crippen LogP contribution in [0.3, 0.4) is 0 Å². The van der Waals surface area contributed by atoms with Crippen LogP contribution < -0.4 is 5.32 Å². The molecule has 1 heterocycles. The van der Waals surface area contributed by atoms with Gasteiger partial charge in [-0.15, -0.1) is 0 Å². The monoisotopic (exact) mass is 259 g/mol. The normalized spacial score (nSPS) is 10.3. The van der Waals surface area contributed by atoms with Crippen molar-refractivity contribution < 1.29 is 9.32 Å². The Bertz CT molecular complexity index is 560. The molecule has 0 spiro atoms. The predicted molar refractivity (Wildman–Crippen MR) is 72.9 cm³/mol. The van der Waals surface area contributed by atoms with Crippen molar-refractivity contribution in [2.24, 2.45) is 0 Å². The summed E-state index contributed by atoms with van der Waals surface area (Å²) in [5.74, 6) is 1.09. The molecule has 0 aliphatic rings. The molecule has 2 rings (SSSR count). The third kappa shape index (κ3) is 3.58. The average molecular weight is 259 g/mol. The number of aryl methyl sites for hydroxylation is 2. The topological polar surface area (TPSA) is 58.4 Å². The van der Waals surface area contributed by atoms with Crippen molar-refractivity contribution in [3.05, 3.63) is 47.2 Å². The number of nitrogens with zero attached hydrogens (tertiary/aromatic N) is 2. The van der Waals surface area contributed by atoms with Crippen LogP contribution in [0.4, 0.5) is 10.6 Å². The molecule has 0 saturated carbocycles. The van der Waals surface area contributed by atoms with E-state index < -0.39 is 0 Å². The molecule has 0 unspecified atom stereocenters. The lowest BCUT2D eigenvalue weighted by Gasteiger charge is -2.17. The number of benzene rings is 1. The second-order valence-corrected chi connectivity index (χ2v) is 4.59. The molecule has 0 fully saturated rings. The van der Waals surface area contributed by atoms with Crippen molar-refractivity contribution >= 4 is 11.8 Å². The van der Waals surface area contributed by atoms with Crippen LogP contribution in [0.1, 0.15) is 16.9 Å². The molecular weight excluding hydrogens is 242 g/mol. The van der Waals surface area contributed by atoms with Crippen molar-refractivity contribution in [2.45, 2.75) is 20.4 Å². The third-order valence-corrected chi connectivity index (χ3v) is 2.75. The highest BCUT2D eigenvalue weighted by molar-refractivity contribution is 5.88. The van der Waals surface area contributed by atoms with Crippen molar-refractivity contribution in [1.29, 1.82) is 0 Å². The molecule has 0 saturated heterocycles. The quantitative estimate of drug-likeness (QED) is 0.921. The van der Waals surface area contributed by atoms with E-state index in [1.165, 1.54) is 5.56 Å². The number of nitrogens with one attached hydrogen (secondary N) is 1. The van der Waals surface area contributed by atoms with Crippen LogP contribution in [0, 0.1) is 13.8 Å². The summed E-state index contributed by atoms with van der Waals surface area (Å²) >= 11 is 0. The highest BCUT2D eigenvalue weighted by Gasteiger charge is 2.11. The molecule has 0 aliphatic heterocycles. The highest BCUT2D eigenvalue weighted by atomic mass is 16.5. The molecule has 1 N–H and O–H groups in total. The Balaban J connectivity index is 1.94. The van der Waals surface area contributed by atoms with Crippen LogP contribution >= 0.6 is 0 Å². The lowest BCUT2D eigenvalue weighted by Crippen LogP contribution is -2.30. The van der Waals surface area contributed by atoms with Gasteiger partial charge in [0.15, 0.2) is 5.82 Å². The van der Waals surface area contributed by atoms with Crippen molar-refractivity contribution in [1.82, 2.24) is 10.1 Å². The van der Waals surface area contributed by atoms with Crippen LogP contribution in [0.25, 0.3) is 0 Å². The molecule has 2 amide bonds. The molecule has 5 nitrogen and oxygen atoms in total. The maximum Gasteiger partial charge on any atom is 0.323 e. The molecule has 0 aliphatic carbocycles. The van der Waals surface area contributed by atoms with Gasteiger partial charge in [-0.3, -0.25) is 5.32 Å². The lowest BCUT2D eigenvalue weighted by atomic mass is 10.1. The number of rotatable bonds is 3. The summed E-state index contributed by atoms with van der Waals surface area (Å²) in [4.78, 5) is 13.5. The molecule has 1 aromatic carbocycles. The van der Waals surface area contributed by atoms with Gasteiger partial charge in [0.25, 0.3) is 0 Å². The van der Waals surface area contributed by atoms with Gasteiger partial charge in [-0.05, 0) is 19.4 Å². The molecule has 100 valence electrons. The van der Waals surface area contributed by atoms with E-state index >= 15 is 0 Å². The van der Waals surface area contributed by atoms with E-state index in [1.54, 1.807) is 24.9 Å². The fraction of sp³-hybridized carbons (Fsp3) is 0.286. The Hall–Kier alpha value is -2.30. The number of amides is 2. The van der Waals surface area contributed by atoms with E-state index in [2.05, 4.69) is 10.5 Å². The zero-order valence-corrected chi connectivity index (χ0v) is 11.3. The van der Waals surface area contributed by atoms with Gasteiger partial charge in [0, 0.05) is 19.7 Å². The molecule has 5 heteroatoms. The number of hydrogen-bond donors (Lipinski definition) is 1. The highest BCUT2D eigenvalue weighted by Crippen LogP contribution is 2.10. The number of carbonyl (C=O) groups excluding carboxylic acids is 1. The lowest BCUT2D eigenvalue weighted by molar-refractivity contribution is 0.220. The standard InChI is InChI=1S/C14H17N3O2/c1-10-4-6-12(7-5-10)9-17(3)14(18)15-13-8-11(2)19-16-13/h4-8H,9H2,1-3H3,(H,15,16,18). The SMILES string of the molecule is Cc1ccc(CN(C)C(=O)Nc2cc(C)on2)cc1. The largest absolute Gasteiger partial charge is 0.360 e. The van der Waals surface area contributed by atoms with Gasteiger partial charge in [0.2, 0.25) is 0 Å². The maximum absolute atomic E-state index is 11.9. The fourth-order valence-corrected chi connectivity index (χ4v) is 1.67. The molecule has 0 atom stereocenters. The van der Waals surface area contributed by atoms with Crippen molar-refractivity contribution in [3.63, 3.8) is 0 Å². The van der Waals surface area contributed by atoms with E-state index in [4.69, 9.17) is 4.52 Å². The predicted octanol–water partition coefficient (Wildman–Crippen LogP) is 2.96. The third-order valence-electron chi connectivity index (χ3n) is 2.75. The van der Waals surface area contributed by atoms with Crippen LogP contribution in [0.2, 0.25) is 0 Å². The Morgan fingerprint density at radius 2 is 2.00 bits per heavy atom. The molecule has 2 aromatic rings. The van der Waals surface area contributed by atoms with Gasteiger partial charge in [0.1, 0.15) is 5.76 Å². The number of carbonyl (C=O) groups is 1. The molecule has 1 aromatic heterocycles. The van der Waals surface area contributed by atoms with Crippen molar-refractivity contribution in [3.8, 4) is 0 Å². The minimum Gasteiger partial charge on any atom is -0.360 e. The Labute approximate surface area is 112 Å². The summed E-state index contributed by atoms with van der Waals surface area (Å²) in [6.45, 7) is 4.36. The second kappa shape index (κ2) is 5.56. The summed E-state index contributed by atoms with van der Waals surface area (Å²) in [7, 11) is 1.74. The Kier molecular flexibility index (Phi) is 3.85. The van der Waals surface area contributed by atoms with Gasteiger partial charge < -0.3 is 9.42 Å². The Morgan fingerprint density at radius 1 is 1.32 bits per heavy atom. The van der Waals surface area contributed by atoms with Crippen LogP contribution in [-0.2, 0) is 6.54 Å². The summed E-state index contributed by atoms with van der Waals surface area (Å²) in [5, 5.41) is 6.40. The van der Waals surface area contributed by atoms with Gasteiger partial charge in [-0.1, -0.05) is 35.0 Å². The molecule has 19 heavy (non-hydrogen) atoms. The zero-order valence-electron chi connectivity index (χ0n) is 11.3. The van der Waals surface area contributed by atoms with E-state index in [0.717, 1.165) is 5.56 Å². The molecular formula is C14H17N3O2. The minimum absolute atomic E-state index is 0.214. The summed E-state index contributed by atoms with van der Waals surface area (Å²) in [6, 6.07) is 9.55. The van der Waals surface area contributed by atoms with E-state index in [9.17, 15) is 4.79 Å². The second-order valence-electron chi connectivity index (χ2n) is 4.59. The minimum atomic E-state index is -0.214. The first-order valence-corrected chi connectivity index (χ1v) is 6.05. The van der Waals surface area contributed by atoms with E-state index in [0.29, 0.717) is 18.1 Å².